The molecule has 0 aliphatic heterocycles. The van der Waals surface area contributed by atoms with Crippen LogP contribution < -0.4 is 5.32 Å². The van der Waals surface area contributed by atoms with Crippen molar-refractivity contribution in [3.05, 3.63) is 54.2 Å². The number of benzene rings is 1. The fourth-order valence-electron chi connectivity index (χ4n) is 2.06. The van der Waals surface area contributed by atoms with E-state index in [1.54, 1.807) is 24.5 Å². The van der Waals surface area contributed by atoms with E-state index in [2.05, 4.69) is 15.5 Å². The van der Waals surface area contributed by atoms with Crippen molar-refractivity contribution in [3.8, 4) is 11.3 Å². The van der Waals surface area contributed by atoms with E-state index < -0.39 is 0 Å². The summed E-state index contributed by atoms with van der Waals surface area (Å²) in [5.74, 6) is 1.30. The minimum Gasteiger partial charge on any atom is -0.464 e. The van der Waals surface area contributed by atoms with Gasteiger partial charge in [0.05, 0.1) is 18.5 Å². The van der Waals surface area contributed by atoms with Crippen LogP contribution in [0.4, 0.5) is 10.1 Å². The summed E-state index contributed by atoms with van der Waals surface area (Å²) in [6.45, 7) is 6.22. The zero-order valence-corrected chi connectivity index (χ0v) is 13.3. The van der Waals surface area contributed by atoms with Crippen LogP contribution in [0.1, 0.15) is 32.6 Å². The van der Waals surface area contributed by atoms with Gasteiger partial charge in [0.25, 0.3) is 0 Å². The molecule has 3 aromatic rings. The molecule has 0 saturated heterocycles. The maximum absolute atomic E-state index is 13.9. The first-order valence-corrected chi connectivity index (χ1v) is 7.33. The Labute approximate surface area is 133 Å². The van der Waals surface area contributed by atoms with Crippen LogP contribution in [0, 0.1) is 5.82 Å². The number of nitrogens with zero attached hydrogens (tertiary/aromatic N) is 2. The minimum absolute atomic E-state index is 0.213. The van der Waals surface area contributed by atoms with E-state index in [1.807, 2.05) is 26.8 Å². The van der Waals surface area contributed by atoms with Gasteiger partial charge in [-0.15, -0.1) is 10.2 Å². The SMILES string of the molecule is CC(C)(C)c1nnc(CNc2cc(-c3ccco3)ccc2F)o1. The van der Waals surface area contributed by atoms with Gasteiger partial charge in [-0.2, -0.15) is 0 Å². The number of furan rings is 1. The van der Waals surface area contributed by atoms with Gasteiger partial charge in [-0.3, -0.25) is 0 Å². The smallest absolute Gasteiger partial charge is 0.235 e. The molecule has 0 amide bonds. The summed E-state index contributed by atoms with van der Waals surface area (Å²) < 4.78 is 24.9. The summed E-state index contributed by atoms with van der Waals surface area (Å²) in [4.78, 5) is 0. The highest BCUT2D eigenvalue weighted by Gasteiger charge is 2.21. The topological polar surface area (TPSA) is 64.1 Å². The maximum Gasteiger partial charge on any atom is 0.235 e. The second-order valence-electron chi connectivity index (χ2n) is 6.28. The van der Waals surface area contributed by atoms with Crippen LogP contribution in [0.2, 0.25) is 0 Å². The van der Waals surface area contributed by atoms with E-state index in [1.165, 1.54) is 6.07 Å². The lowest BCUT2D eigenvalue weighted by atomic mass is 9.97. The normalized spacial score (nSPS) is 11.7. The Morgan fingerprint density at radius 3 is 2.65 bits per heavy atom. The van der Waals surface area contributed by atoms with Crippen LogP contribution in [0.5, 0.6) is 0 Å². The maximum atomic E-state index is 13.9. The van der Waals surface area contributed by atoms with Crippen LogP contribution in [0.15, 0.2) is 45.4 Å². The predicted octanol–water partition coefficient (Wildman–Crippen LogP) is 4.38. The molecule has 0 saturated carbocycles. The third-order valence-electron chi connectivity index (χ3n) is 3.31. The minimum atomic E-state index is -0.351. The average molecular weight is 315 g/mol. The van der Waals surface area contributed by atoms with Crippen molar-refractivity contribution in [2.75, 3.05) is 5.32 Å². The number of nitrogens with one attached hydrogen (secondary N) is 1. The van der Waals surface area contributed by atoms with Crippen molar-refractivity contribution in [1.82, 2.24) is 10.2 Å². The monoisotopic (exact) mass is 315 g/mol. The Bertz CT molecular complexity index is 789. The lowest BCUT2D eigenvalue weighted by molar-refractivity contribution is 0.374. The molecule has 0 aliphatic carbocycles. The average Bonchev–Trinajstić information content (AvgIpc) is 3.17. The van der Waals surface area contributed by atoms with Gasteiger partial charge in [-0.1, -0.05) is 20.8 Å². The zero-order valence-electron chi connectivity index (χ0n) is 13.3. The van der Waals surface area contributed by atoms with Crippen molar-refractivity contribution in [3.63, 3.8) is 0 Å². The van der Waals surface area contributed by atoms with E-state index in [0.717, 1.165) is 5.56 Å². The fourth-order valence-corrected chi connectivity index (χ4v) is 2.06. The Morgan fingerprint density at radius 1 is 1.17 bits per heavy atom. The van der Waals surface area contributed by atoms with Gasteiger partial charge in [0.15, 0.2) is 0 Å². The number of rotatable bonds is 4. The summed E-state index contributed by atoms with van der Waals surface area (Å²) >= 11 is 0. The molecular weight excluding hydrogens is 297 g/mol. The molecule has 0 atom stereocenters. The van der Waals surface area contributed by atoms with E-state index >= 15 is 0 Å². The molecule has 1 N–H and O–H groups in total. The number of aromatic nitrogens is 2. The third-order valence-corrected chi connectivity index (χ3v) is 3.31. The van der Waals surface area contributed by atoms with Crippen LogP contribution in [-0.2, 0) is 12.0 Å². The molecule has 0 bridgehead atoms. The molecule has 1 aromatic carbocycles. The van der Waals surface area contributed by atoms with Crippen molar-refractivity contribution >= 4 is 5.69 Å². The van der Waals surface area contributed by atoms with Crippen molar-refractivity contribution in [2.24, 2.45) is 0 Å². The molecule has 2 aromatic heterocycles. The van der Waals surface area contributed by atoms with Gasteiger partial charge in [-0.25, -0.2) is 4.39 Å². The van der Waals surface area contributed by atoms with Gasteiger partial charge in [0.1, 0.15) is 11.6 Å². The summed E-state index contributed by atoms with van der Waals surface area (Å²) in [5, 5.41) is 11.0. The molecule has 0 aliphatic rings. The summed E-state index contributed by atoms with van der Waals surface area (Å²) in [6, 6.07) is 8.37. The second kappa shape index (κ2) is 5.87. The zero-order chi connectivity index (χ0) is 16.4. The second-order valence-corrected chi connectivity index (χ2v) is 6.28. The lowest BCUT2D eigenvalue weighted by Gasteiger charge is -2.11. The highest BCUT2D eigenvalue weighted by molar-refractivity contribution is 5.64. The first-order chi connectivity index (χ1) is 10.9. The summed E-state index contributed by atoms with van der Waals surface area (Å²) in [7, 11) is 0. The fraction of sp³-hybridized carbons (Fsp3) is 0.294. The number of hydrogen-bond donors (Lipinski definition) is 1. The Morgan fingerprint density at radius 2 is 2.00 bits per heavy atom. The first kappa shape index (κ1) is 15.3. The molecule has 6 heteroatoms. The van der Waals surface area contributed by atoms with Crippen LogP contribution in [0.25, 0.3) is 11.3 Å². The number of halogens is 1. The number of anilines is 1. The number of hydrogen-bond acceptors (Lipinski definition) is 5. The molecule has 0 radical (unpaired) electrons. The Kier molecular flexibility index (Phi) is 3.90. The molecule has 120 valence electrons. The Balaban J connectivity index is 1.75. The van der Waals surface area contributed by atoms with Gasteiger partial charge >= 0.3 is 0 Å². The molecule has 0 unspecified atom stereocenters. The molecule has 5 nitrogen and oxygen atoms in total. The summed E-state index contributed by atoms with van der Waals surface area (Å²) in [6.07, 6.45) is 1.58. The van der Waals surface area contributed by atoms with Gasteiger partial charge in [-0.05, 0) is 30.3 Å². The van der Waals surface area contributed by atoms with Crippen molar-refractivity contribution in [2.45, 2.75) is 32.7 Å². The van der Waals surface area contributed by atoms with Gasteiger partial charge in [0, 0.05) is 11.0 Å². The Hall–Kier alpha value is -2.63. The lowest BCUT2D eigenvalue weighted by Crippen LogP contribution is -2.11. The largest absolute Gasteiger partial charge is 0.464 e. The standard InChI is InChI=1S/C17H18FN3O2/c1-17(2,3)16-21-20-15(23-16)10-19-13-9-11(6-7-12(13)18)14-5-4-8-22-14/h4-9,19H,10H2,1-3H3. The van der Waals surface area contributed by atoms with Crippen LogP contribution in [-0.4, -0.2) is 10.2 Å². The molecule has 23 heavy (non-hydrogen) atoms. The highest BCUT2D eigenvalue weighted by Crippen LogP contribution is 2.26. The van der Waals surface area contributed by atoms with Crippen molar-refractivity contribution < 1.29 is 13.2 Å². The third kappa shape index (κ3) is 3.41. The molecule has 3 rings (SSSR count). The van der Waals surface area contributed by atoms with E-state index in [9.17, 15) is 4.39 Å². The van der Waals surface area contributed by atoms with E-state index in [0.29, 0.717) is 23.2 Å². The molecular formula is C17H18FN3O2. The van der Waals surface area contributed by atoms with Crippen molar-refractivity contribution in [1.29, 1.82) is 0 Å². The van der Waals surface area contributed by atoms with Gasteiger partial charge in [0.2, 0.25) is 11.8 Å². The van der Waals surface area contributed by atoms with E-state index in [4.69, 9.17) is 8.83 Å². The molecule has 0 spiro atoms. The molecule has 2 heterocycles. The predicted molar refractivity (Wildman–Crippen MR) is 84.4 cm³/mol. The quantitative estimate of drug-likeness (QED) is 0.774. The van der Waals surface area contributed by atoms with E-state index in [-0.39, 0.29) is 17.8 Å². The first-order valence-electron chi connectivity index (χ1n) is 7.33. The highest BCUT2D eigenvalue weighted by atomic mass is 19.1. The van der Waals surface area contributed by atoms with Gasteiger partial charge < -0.3 is 14.2 Å². The van der Waals surface area contributed by atoms with Crippen LogP contribution >= 0.6 is 0 Å². The van der Waals surface area contributed by atoms with Crippen LogP contribution in [0.3, 0.4) is 0 Å². The summed E-state index contributed by atoms with van der Waals surface area (Å²) in [5.41, 5.74) is 0.935. The molecule has 0 fully saturated rings.